The lowest BCUT2D eigenvalue weighted by Crippen LogP contribution is -2.48. The van der Waals surface area contributed by atoms with Crippen molar-refractivity contribution in [2.24, 2.45) is 5.92 Å². The standard InChI is InChI=1S/C15H18FN3O2/c1-17-12-7-18(14(20)9-5-10(16)6-9)8-13(12)19-4-2-3-11(19)15(17)21/h2-4,9-10,12-13H,5-8H2,1H3/t9?,10?,12-,13+/m0/s1. The van der Waals surface area contributed by atoms with Gasteiger partial charge in [0.05, 0.1) is 12.1 Å². The van der Waals surface area contributed by atoms with Crippen molar-refractivity contribution < 1.29 is 14.0 Å². The van der Waals surface area contributed by atoms with E-state index >= 15 is 0 Å². The molecular formula is C15H18FN3O2. The first kappa shape index (κ1) is 12.9. The molecule has 1 aromatic heterocycles. The number of rotatable bonds is 1. The maximum Gasteiger partial charge on any atom is 0.270 e. The Bertz CT molecular complexity index is 608. The molecule has 3 aliphatic rings. The van der Waals surface area contributed by atoms with E-state index < -0.39 is 6.17 Å². The number of hydrogen-bond acceptors (Lipinski definition) is 2. The highest BCUT2D eigenvalue weighted by molar-refractivity contribution is 5.94. The zero-order valence-corrected chi connectivity index (χ0v) is 11.9. The Morgan fingerprint density at radius 1 is 1.29 bits per heavy atom. The molecule has 0 bridgehead atoms. The topological polar surface area (TPSA) is 45.6 Å². The van der Waals surface area contributed by atoms with E-state index in [1.165, 1.54) is 0 Å². The van der Waals surface area contributed by atoms with Crippen LogP contribution in [0.2, 0.25) is 0 Å². The molecule has 6 heteroatoms. The molecule has 0 unspecified atom stereocenters. The summed E-state index contributed by atoms with van der Waals surface area (Å²) in [6, 6.07) is 3.82. The molecule has 1 saturated heterocycles. The number of likely N-dealkylation sites (tertiary alicyclic amines) is 1. The third-order valence-electron chi connectivity index (χ3n) is 5.17. The first-order valence-corrected chi connectivity index (χ1v) is 7.43. The van der Waals surface area contributed by atoms with E-state index in [-0.39, 0.29) is 29.8 Å². The second kappa shape index (κ2) is 4.32. The minimum absolute atomic E-state index is 0.00279. The molecule has 0 spiro atoms. The highest BCUT2D eigenvalue weighted by Gasteiger charge is 2.47. The van der Waals surface area contributed by atoms with Crippen molar-refractivity contribution in [3.63, 3.8) is 0 Å². The van der Waals surface area contributed by atoms with Crippen LogP contribution in [0.3, 0.4) is 0 Å². The zero-order valence-electron chi connectivity index (χ0n) is 11.9. The van der Waals surface area contributed by atoms with E-state index in [9.17, 15) is 14.0 Å². The van der Waals surface area contributed by atoms with Gasteiger partial charge in [-0.3, -0.25) is 9.59 Å². The van der Waals surface area contributed by atoms with Crippen LogP contribution in [0, 0.1) is 5.92 Å². The van der Waals surface area contributed by atoms with E-state index in [2.05, 4.69) is 0 Å². The summed E-state index contributed by atoms with van der Waals surface area (Å²) in [6.07, 6.45) is 1.80. The number of halogens is 1. The van der Waals surface area contributed by atoms with Gasteiger partial charge in [-0.2, -0.15) is 0 Å². The van der Waals surface area contributed by atoms with E-state index in [0.717, 1.165) is 0 Å². The number of fused-ring (bicyclic) bond motifs is 3. The maximum absolute atomic E-state index is 13.0. The number of aromatic nitrogens is 1. The monoisotopic (exact) mass is 291 g/mol. The minimum atomic E-state index is -0.816. The van der Waals surface area contributed by atoms with Gasteiger partial charge in [0.2, 0.25) is 5.91 Å². The predicted molar refractivity (Wildman–Crippen MR) is 73.6 cm³/mol. The quantitative estimate of drug-likeness (QED) is 0.777. The third-order valence-corrected chi connectivity index (χ3v) is 5.17. The Morgan fingerprint density at radius 2 is 2.00 bits per heavy atom. The Morgan fingerprint density at radius 3 is 2.71 bits per heavy atom. The van der Waals surface area contributed by atoms with Crippen molar-refractivity contribution in [3.8, 4) is 0 Å². The molecule has 3 heterocycles. The van der Waals surface area contributed by atoms with Crippen LogP contribution in [-0.2, 0) is 4.79 Å². The van der Waals surface area contributed by atoms with Crippen molar-refractivity contribution in [2.75, 3.05) is 20.1 Å². The van der Waals surface area contributed by atoms with E-state index in [1.807, 2.05) is 27.8 Å². The van der Waals surface area contributed by atoms with Crippen LogP contribution in [0.15, 0.2) is 18.3 Å². The first-order chi connectivity index (χ1) is 10.1. The normalized spacial score (nSPS) is 34.5. The molecule has 0 radical (unpaired) electrons. The Hall–Kier alpha value is -1.85. The largest absolute Gasteiger partial charge is 0.338 e. The molecule has 2 aliphatic heterocycles. The highest BCUT2D eigenvalue weighted by atomic mass is 19.1. The highest BCUT2D eigenvalue weighted by Crippen LogP contribution is 2.37. The lowest BCUT2D eigenvalue weighted by Gasteiger charge is -2.35. The SMILES string of the molecule is CN1C(=O)c2cccn2[C@@H]2CN(C(=O)C3CC(F)C3)C[C@@H]21. The fourth-order valence-corrected chi connectivity index (χ4v) is 3.81. The molecule has 1 aliphatic carbocycles. The number of alkyl halides is 1. The second-order valence-electron chi connectivity index (χ2n) is 6.36. The summed E-state index contributed by atoms with van der Waals surface area (Å²) in [7, 11) is 1.80. The maximum atomic E-state index is 13.0. The van der Waals surface area contributed by atoms with Crippen molar-refractivity contribution in [2.45, 2.75) is 31.1 Å². The average molecular weight is 291 g/mol. The molecule has 112 valence electrons. The van der Waals surface area contributed by atoms with Gasteiger partial charge in [-0.25, -0.2) is 4.39 Å². The van der Waals surface area contributed by atoms with Crippen LogP contribution in [-0.4, -0.2) is 58.5 Å². The molecule has 2 atom stereocenters. The molecule has 5 nitrogen and oxygen atoms in total. The fourth-order valence-electron chi connectivity index (χ4n) is 3.81. The summed E-state index contributed by atoms with van der Waals surface area (Å²) < 4.78 is 14.9. The van der Waals surface area contributed by atoms with Crippen molar-refractivity contribution in [3.05, 3.63) is 24.0 Å². The molecule has 1 saturated carbocycles. The molecule has 0 N–H and O–H groups in total. The van der Waals surface area contributed by atoms with Gasteiger partial charge in [-0.1, -0.05) is 0 Å². The van der Waals surface area contributed by atoms with Crippen molar-refractivity contribution in [1.29, 1.82) is 0 Å². The van der Waals surface area contributed by atoms with Crippen LogP contribution in [0.1, 0.15) is 29.4 Å². The Labute approximate surface area is 122 Å². The van der Waals surface area contributed by atoms with E-state index in [0.29, 0.717) is 31.6 Å². The molecule has 4 rings (SSSR count). The summed E-state index contributed by atoms with van der Waals surface area (Å²) in [6.45, 7) is 1.16. The molecule has 0 aromatic carbocycles. The van der Waals surface area contributed by atoms with Crippen LogP contribution in [0.25, 0.3) is 0 Å². The van der Waals surface area contributed by atoms with Gasteiger partial charge < -0.3 is 14.4 Å². The van der Waals surface area contributed by atoms with Crippen molar-refractivity contribution in [1.82, 2.24) is 14.4 Å². The Balaban J connectivity index is 1.58. The number of nitrogens with zero attached hydrogens (tertiary/aromatic N) is 3. The molecule has 2 fully saturated rings. The van der Waals surface area contributed by atoms with Gasteiger partial charge in [0, 0.05) is 32.3 Å². The minimum Gasteiger partial charge on any atom is -0.338 e. The molecular weight excluding hydrogens is 273 g/mol. The van der Waals surface area contributed by atoms with E-state index in [1.54, 1.807) is 11.9 Å². The fraction of sp³-hybridized carbons (Fsp3) is 0.600. The van der Waals surface area contributed by atoms with Crippen LogP contribution in [0.4, 0.5) is 4.39 Å². The van der Waals surface area contributed by atoms with Gasteiger partial charge in [0.15, 0.2) is 0 Å². The summed E-state index contributed by atoms with van der Waals surface area (Å²) in [4.78, 5) is 28.2. The zero-order chi connectivity index (χ0) is 14.7. The molecule has 2 amide bonds. The lowest BCUT2D eigenvalue weighted by atomic mass is 9.82. The lowest BCUT2D eigenvalue weighted by molar-refractivity contribution is -0.139. The van der Waals surface area contributed by atoms with Gasteiger partial charge in [0.25, 0.3) is 5.91 Å². The second-order valence-corrected chi connectivity index (χ2v) is 6.36. The van der Waals surface area contributed by atoms with E-state index in [4.69, 9.17) is 0 Å². The summed E-state index contributed by atoms with van der Waals surface area (Å²) >= 11 is 0. The van der Waals surface area contributed by atoms with Gasteiger partial charge >= 0.3 is 0 Å². The number of carbonyl (C=O) groups excluding carboxylic acids is 2. The number of likely N-dealkylation sites (N-methyl/N-ethyl adjacent to an activating group) is 1. The Kier molecular flexibility index (Phi) is 2.65. The average Bonchev–Trinajstić information content (AvgIpc) is 3.06. The molecule has 21 heavy (non-hydrogen) atoms. The summed E-state index contributed by atoms with van der Waals surface area (Å²) in [5.41, 5.74) is 0.681. The van der Waals surface area contributed by atoms with Crippen molar-refractivity contribution >= 4 is 11.8 Å². The number of hydrogen-bond donors (Lipinski definition) is 0. The van der Waals surface area contributed by atoms with Gasteiger partial charge in [-0.05, 0) is 25.0 Å². The van der Waals surface area contributed by atoms with Crippen LogP contribution < -0.4 is 0 Å². The third kappa shape index (κ3) is 1.74. The predicted octanol–water partition coefficient (Wildman–Crippen LogP) is 1.07. The smallest absolute Gasteiger partial charge is 0.270 e. The summed E-state index contributed by atoms with van der Waals surface area (Å²) in [5, 5.41) is 0. The van der Waals surface area contributed by atoms with Crippen LogP contribution in [0.5, 0.6) is 0 Å². The molecule has 1 aromatic rings. The first-order valence-electron chi connectivity index (χ1n) is 7.43. The van der Waals surface area contributed by atoms with Gasteiger partial charge in [0.1, 0.15) is 11.9 Å². The summed E-state index contributed by atoms with van der Waals surface area (Å²) in [5.74, 6) is -0.110. The van der Waals surface area contributed by atoms with Gasteiger partial charge in [-0.15, -0.1) is 0 Å². The van der Waals surface area contributed by atoms with Crippen LogP contribution >= 0.6 is 0 Å². The number of carbonyl (C=O) groups is 2. The number of amides is 2.